The summed E-state index contributed by atoms with van der Waals surface area (Å²) in [6, 6.07) is 7.81. The molecule has 0 atom stereocenters. The van der Waals surface area contributed by atoms with Gasteiger partial charge in [-0.3, -0.25) is 4.79 Å². The fourth-order valence-electron chi connectivity index (χ4n) is 4.54. The number of amides is 1. The van der Waals surface area contributed by atoms with Crippen LogP contribution in [0.4, 0.5) is 5.82 Å². The van der Waals surface area contributed by atoms with E-state index in [0.29, 0.717) is 12.2 Å². The summed E-state index contributed by atoms with van der Waals surface area (Å²) in [5.74, 6) is 2.20. The molecular weight excluding hydrogens is 382 g/mol. The van der Waals surface area contributed by atoms with E-state index in [1.165, 1.54) is 11.1 Å². The Labute approximate surface area is 177 Å². The van der Waals surface area contributed by atoms with Gasteiger partial charge in [-0.05, 0) is 54.7 Å². The van der Waals surface area contributed by atoms with Gasteiger partial charge >= 0.3 is 0 Å². The summed E-state index contributed by atoms with van der Waals surface area (Å²) in [4.78, 5) is 20.9. The molecule has 1 aromatic heterocycles. The summed E-state index contributed by atoms with van der Waals surface area (Å²) in [6.45, 7) is 2.22. The number of benzene rings is 1. The van der Waals surface area contributed by atoms with Crippen molar-refractivity contribution in [3.8, 4) is 11.5 Å². The smallest absolute Gasteiger partial charge is 0.257 e. The third-order valence-corrected chi connectivity index (χ3v) is 6.14. The largest absolute Gasteiger partial charge is 0.493 e. The van der Waals surface area contributed by atoms with Gasteiger partial charge in [-0.1, -0.05) is 0 Å². The monoisotopic (exact) mass is 411 g/mol. The van der Waals surface area contributed by atoms with Gasteiger partial charge in [0.1, 0.15) is 5.82 Å². The van der Waals surface area contributed by atoms with Crippen LogP contribution in [0.5, 0.6) is 11.5 Å². The predicted molar refractivity (Wildman–Crippen MR) is 115 cm³/mol. The second-order valence-corrected chi connectivity index (χ2v) is 8.02. The fraction of sp³-hybridized carbons (Fsp3) is 0.478. The molecule has 4 rings (SSSR count). The number of hydrogen-bond acceptors (Lipinski definition) is 6. The molecule has 0 radical (unpaired) electrons. The molecule has 3 heterocycles. The Kier molecular flexibility index (Phi) is 5.56. The SMILES string of the molecule is COc1cc2c(cc1OC)C1(CCN(c3ncccc3C(=O)N(C)C)CC1)OCC2. The molecule has 1 spiro atoms. The van der Waals surface area contributed by atoms with Crippen molar-refractivity contribution in [1.29, 1.82) is 0 Å². The van der Waals surface area contributed by atoms with Gasteiger partial charge in [0.15, 0.2) is 11.5 Å². The lowest BCUT2D eigenvalue weighted by atomic mass is 9.79. The lowest BCUT2D eigenvalue weighted by Gasteiger charge is -2.45. The number of anilines is 1. The molecule has 1 aromatic carbocycles. The minimum absolute atomic E-state index is 0.0329. The van der Waals surface area contributed by atoms with E-state index >= 15 is 0 Å². The van der Waals surface area contributed by atoms with Crippen molar-refractivity contribution in [3.63, 3.8) is 0 Å². The summed E-state index contributed by atoms with van der Waals surface area (Å²) in [6.07, 6.45) is 4.25. The molecule has 2 aliphatic heterocycles. The number of pyridine rings is 1. The van der Waals surface area contributed by atoms with Crippen LogP contribution in [0, 0.1) is 0 Å². The minimum Gasteiger partial charge on any atom is -0.493 e. The van der Waals surface area contributed by atoms with E-state index in [2.05, 4.69) is 22.0 Å². The average molecular weight is 412 g/mol. The van der Waals surface area contributed by atoms with Gasteiger partial charge in [0, 0.05) is 33.4 Å². The van der Waals surface area contributed by atoms with Gasteiger partial charge in [-0.25, -0.2) is 4.98 Å². The molecule has 1 saturated heterocycles. The first-order valence-corrected chi connectivity index (χ1v) is 10.3. The molecule has 0 saturated carbocycles. The van der Waals surface area contributed by atoms with Crippen LogP contribution in [-0.4, -0.2) is 63.8 Å². The van der Waals surface area contributed by atoms with E-state index in [-0.39, 0.29) is 11.5 Å². The molecule has 0 N–H and O–H groups in total. The second kappa shape index (κ2) is 8.14. The van der Waals surface area contributed by atoms with Gasteiger partial charge in [0.2, 0.25) is 0 Å². The number of aromatic nitrogens is 1. The van der Waals surface area contributed by atoms with Crippen LogP contribution in [0.3, 0.4) is 0 Å². The first kappa shape index (κ1) is 20.5. The maximum atomic E-state index is 12.6. The molecule has 0 bridgehead atoms. The molecule has 0 unspecified atom stereocenters. The molecular formula is C23H29N3O4. The molecule has 30 heavy (non-hydrogen) atoms. The van der Waals surface area contributed by atoms with Crippen molar-refractivity contribution in [2.45, 2.75) is 24.9 Å². The highest BCUT2D eigenvalue weighted by Gasteiger charge is 2.42. The average Bonchev–Trinajstić information content (AvgIpc) is 2.78. The number of rotatable bonds is 4. The van der Waals surface area contributed by atoms with Crippen molar-refractivity contribution in [2.24, 2.45) is 0 Å². The zero-order valence-electron chi connectivity index (χ0n) is 18.1. The van der Waals surface area contributed by atoms with Crippen LogP contribution < -0.4 is 14.4 Å². The summed E-state index contributed by atoms with van der Waals surface area (Å²) in [5, 5.41) is 0. The topological polar surface area (TPSA) is 64.1 Å². The Bertz CT molecular complexity index is 936. The fourth-order valence-corrected chi connectivity index (χ4v) is 4.54. The predicted octanol–water partition coefficient (Wildman–Crippen LogP) is 2.87. The first-order valence-electron chi connectivity index (χ1n) is 10.3. The number of carbonyl (C=O) groups excluding carboxylic acids is 1. The molecule has 2 aliphatic rings. The summed E-state index contributed by atoms with van der Waals surface area (Å²) in [5.41, 5.74) is 2.74. The maximum absolute atomic E-state index is 12.6. The highest BCUT2D eigenvalue weighted by atomic mass is 16.5. The van der Waals surface area contributed by atoms with E-state index in [1.54, 1.807) is 39.4 Å². The van der Waals surface area contributed by atoms with E-state index < -0.39 is 0 Å². The Morgan fingerprint density at radius 3 is 2.53 bits per heavy atom. The van der Waals surface area contributed by atoms with Gasteiger partial charge < -0.3 is 24.0 Å². The lowest BCUT2D eigenvalue weighted by molar-refractivity contribution is -0.0768. The molecule has 7 heteroatoms. The summed E-state index contributed by atoms with van der Waals surface area (Å²) >= 11 is 0. The van der Waals surface area contributed by atoms with Crippen LogP contribution in [0.25, 0.3) is 0 Å². The molecule has 0 aliphatic carbocycles. The van der Waals surface area contributed by atoms with Crippen LogP contribution in [0.1, 0.15) is 34.3 Å². The number of piperidine rings is 1. The van der Waals surface area contributed by atoms with E-state index in [9.17, 15) is 4.79 Å². The third kappa shape index (κ3) is 3.47. The molecule has 1 fully saturated rings. The lowest BCUT2D eigenvalue weighted by Crippen LogP contribution is -2.47. The van der Waals surface area contributed by atoms with E-state index in [1.807, 2.05) is 12.1 Å². The van der Waals surface area contributed by atoms with Crippen molar-refractivity contribution >= 4 is 11.7 Å². The highest BCUT2D eigenvalue weighted by Crippen LogP contribution is 2.45. The minimum atomic E-state index is -0.343. The van der Waals surface area contributed by atoms with Crippen LogP contribution in [-0.2, 0) is 16.8 Å². The Balaban J connectivity index is 1.62. The van der Waals surface area contributed by atoms with Crippen LogP contribution in [0.15, 0.2) is 30.5 Å². The Hall–Kier alpha value is -2.80. The van der Waals surface area contributed by atoms with Crippen molar-refractivity contribution < 1.29 is 19.0 Å². The number of methoxy groups -OCH3 is 2. The molecule has 160 valence electrons. The third-order valence-electron chi connectivity index (χ3n) is 6.14. The summed E-state index contributed by atoms with van der Waals surface area (Å²) in [7, 11) is 6.85. The normalized spacial score (nSPS) is 17.4. The first-order chi connectivity index (χ1) is 14.5. The number of fused-ring (bicyclic) bond motifs is 2. The van der Waals surface area contributed by atoms with E-state index in [0.717, 1.165) is 49.7 Å². The zero-order valence-corrected chi connectivity index (χ0v) is 18.1. The van der Waals surface area contributed by atoms with Crippen molar-refractivity contribution in [2.75, 3.05) is 52.9 Å². The van der Waals surface area contributed by atoms with Crippen LogP contribution in [0.2, 0.25) is 0 Å². The van der Waals surface area contributed by atoms with Crippen molar-refractivity contribution in [1.82, 2.24) is 9.88 Å². The number of ether oxygens (including phenoxy) is 3. The Morgan fingerprint density at radius 1 is 1.17 bits per heavy atom. The quantitative estimate of drug-likeness (QED) is 0.771. The molecule has 1 amide bonds. The number of carbonyl (C=O) groups is 1. The van der Waals surface area contributed by atoms with Crippen LogP contribution >= 0.6 is 0 Å². The maximum Gasteiger partial charge on any atom is 0.257 e. The molecule has 7 nitrogen and oxygen atoms in total. The number of hydrogen-bond donors (Lipinski definition) is 0. The van der Waals surface area contributed by atoms with Gasteiger partial charge in [0.25, 0.3) is 5.91 Å². The standard InChI is InChI=1S/C23H29N3O4/c1-25(2)22(27)17-6-5-10-24-21(17)26-11-8-23(9-12-26)18-15-20(29-4)19(28-3)14-16(18)7-13-30-23/h5-6,10,14-15H,7-9,11-13H2,1-4H3. The van der Waals surface area contributed by atoms with Crippen molar-refractivity contribution in [3.05, 3.63) is 47.2 Å². The van der Waals surface area contributed by atoms with Gasteiger partial charge in [-0.2, -0.15) is 0 Å². The number of nitrogens with zero attached hydrogens (tertiary/aromatic N) is 3. The van der Waals surface area contributed by atoms with Gasteiger partial charge in [-0.15, -0.1) is 0 Å². The second-order valence-electron chi connectivity index (χ2n) is 8.02. The molecule has 2 aromatic rings. The van der Waals surface area contributed by atoms with Gasteiger partial charge in [0.05, 0.1) is 32.0 Å². The Morgan fingerprint density at radius 2 is 1.87 bits per heavy atom. The summed E-state index contributed by atoms with van der Waals surface area (Å²) < 4.78 is 17.4. The highest BCUT2D eigenvalue weighted by molar-refractivity contribution is 5.98. The zero-order chi connectivity index (χ0) is 21.3. The van der Waals surface area contributed by atoms with E-state index in [4.69, 9.17) is 14.2 Å².